The van der Waals surface area contributed by atoms with Crippen LogP contribution in [0.2, 0.25) is 0 Å². The number of nitrogens with one attached hydrogen (secondary N) is 1. The second kappa shape index (κ2) is 7.32. The highest BCUT2D eigenvalue weighted by molar-refractivity contribution is 6.49. The zero-order valence-electron chi connectivity index (χ0n) is 13.1. The molecule has 5 nitrogen and oxygen atoms in total. The van der Waals surface area contributed by atoms with Crippen LogP contribution in [0.1, 0.15) is 27.1 Å². The van der Waals surface area contributed by atoms with Gasteiger partial charge in [-0.25, -0.2) is 0 Å². The molecule has 0 unspecified atom stereocenters. The van der Waals surface area contributed by atoms with Gasteiger partial charge in [0, 0.05) is 17.7 Å². The lowest BCUT2D eigenvalue weighted by Crippen LogP contribution is -2.30. The number of allylic oxidation sites excluding steroid dienone is 2. The summed E-state index contributed by atoms with van der Waals surface area (Å²) in [5, 5.41) is 2.62. The van der Waals surface area contributed by atoms with Crippen molar-refractivity contribution in [3.63, 3.8) is 0 Å². The molecule has 1 aliphatic rings. The van der Waals surface area contributed by atoms with Gasteiger partial charge in [0.25, 0.3) is 0 Å². The van der Waals surface area contributed by atoms with Gasteiger partial charge in [0.2, 0.25) is 11.6 Å². The first-order valence-corrected chi connectivity index (χ1v) is 8.03. The number of Topliss-reactive ketones (excluding diaryl/α,β-unsaturated/α-hetero) is 2. The monoisotopic (exact) mass is 355 g/mol. The quantitative estimate of drug-likeness (QED) is 0.659. The number of rotatable bonds is 5. The van der Waals surface area contributed by atoms with E-state index in [2.05, 4.69) is 5.32 Å². The zero-order valence-corrected chi connectivity index (χ0v) is 13.9. The topological polar surface area (TPSA) is 72.5 Å². The molecule has 6 heteroatoms. The Labute approximate surface area is 149 Å². The van der Waals surface area contributed by atoms with E-state index in [1.165, 1.54) is 0 Å². The van der Waals surface area contributed by atoms with Crippen LogP contribution in [0.15, 0.2) is 65.3 Å². The van der Waals surface area contributed by atoms with Crippen molar-refractivity contribution in [1.82, 2.24) is 5.32 Å². The van der Waals surface area contributed by atoms with Crippen molar-refractivity contribution in [2.75, 3.05) is 6.54 Å². The number of para-hydroxylation sites is 1. The third-order valence-electron chi connectivity index (χ3n) is 3.67. The van der Waals surface area contributed by atoms with Gasteiger partial charge in [-0.2, -0.15) is 0 Å². The normalized spacial score (nSPS) is 13.5. The van der Waals surface area contributed by atoms with Gasteiger partial charge in [-0.15, -0.1) is 0 Å². The van der Waals surface area contributed by atoms with Gasteiger partial charge in [-0.1, -0.05) is 54.1 Å². The first-order valence-electron chi connectivity index (χ1n) is 7.65. The van der Waals surface area contributed by atoms with Crippen LogP contribution in [-0.4, -0.2) is 24.1 Å². The van der Waals surface area contributed by atoms with E-state index in [0.29, 0.717) is 11.3 Å². The van der Waals surface area contributed by atoms with E-state index in [1.54, 1.807) is 48.5 Å². The summed E-state index contributed by atoms with van der Waals surface area (Å²) in [7, 11) is 0. The number of halogens is 1. The van der Waals surface area contributed by atoms with Crippen molar-refractivity contribution >= 4 is 29.1 Å². The Morgan fingerprint density at radius 2 is 1.52 bits per heavy atom. The summed E-state index contributed by atoms with van der Waals surface area (Å²) < 4.78 is 5.15. The molecular formula is C19H14ClNO4. The number of esters is 1. The molecule has 25 heavy (non-hydrogen) atoms. The molecule has 0 heterocycles. The van der Waals surface area contributed by atoms with Gasteiger partial charge in [0.05, 0.1) is 6.42 Å². The van der Waals surface area contributed by atoms with Crippen LogP contribution in [0.3, 0.4) is 0 Å². The summed E-state index contributed by atoms with van der Waals surface area (Å²) in [5.74, 6) is -0.782. The molecule has 1 N–H and O–H groups in total. The van der Waals surface area contributed by atoms with Crippen molar-refractivity contribution in [1.29, 1.82) is 0 Å². The van der Waals surface area contributed by atoms with Crippen LogP contribution in [0, 0.1) is 0 Å². The molecule has 3 rings (SSSR count). The third kappa shape index (κ3) is 3.61. The summed E-state index contributed by atoms with van der Waals surface area (Å²) in [6.45, 7) is 0.123. The van der Waals surface area contributed by atoms with E-state index in [1.807, 2.05) is 6.07 Å². The number of ketones is 2. The Kier molecular flexibility index (Phi) is 4.95. The number of fused-ring (bicyclic) bond motifs is 1. The molecule has 0 atom stereocenters. The Bertz CT molecular complexity index is 874. The van der Waals surface area contributed by atoms with E-state index in [9.17, 15) is 14.4 Å². The van der Waals surface area contributed by atoms with E-state index in [0.717, 1.165) is 0 Å². The first kappa shape index (κ1) is 16.9. The molecule has 0 saturated carbocycles. The van der Waals surface area contributed by atoms with Crippen LogP contribution in [0.25, 0.3) is 0 Å². The molecule has 0 bridgehead atoms. The van der Waals surface area contributed by atoms with Crippen molar-refractivity contribution in [2.45, 2.75) is 6.42 Å². The number of carbonyl (C=O) groups is 3. The summed E-state index contributed by atoms with van der Waals surface area (Å²) in [5.41, 5.74) is 0.593. The fraction of sp³-hybridized carbons (Fsp3) is 0.105. The van der Waals surface area contributed by atoms with E-state index in [4.69, 9.17) is 16.3 Å². The van der Waals surface area contributed by atoms with Crippen molar-refractivity contribution < 1.29 is 19.1 Å². The average Bonchev–Trinajstić information content (AvgIpc) is 2.63. The molecule has 0 spiro atoms. The van der Waals surface area contributed by atoms with Crippen LogP contribution >= 0.6 is 11.6 Å². The fourth-order valence-electron chi connectivity index (χ4n) is 2.46. The smallest absolute Gasteiger partial charge is 0.312 e. The van der Waals surface area contributed by atoms with E-state index >= 15 is 0 Å². The summed E-state index contributed by atoms with van der Waals surface area (Å²) >= 11 is 6.03. The highest BCUT2D eigenvalue weighted by Crippen LogP contribution is 2.27. The molecule has 2 aromatic rings. The van der Waals surface area contributed by atoms with Crippen LogP contribution in [0.4, 0.5) is 0 Å². The summed E-state index contributed by atoms with van der Waals surface area (Å²) in [6, 6.07) is 15.2. The maximum Gasteiger partial charge on any atom is 0.312 e. The largest absolute Gasteiger partial charge is 0.426 e. The van der Waals surface area contributed by atoms with Gasteiger partial charge in [-0.3, -0.25) is 14.4 Å². The van der Waals surface area contributed by atoms with Gasteiger partial charge in [0.1, 0.15) is 16.5 Å². The minimum Gasteiger partial charge on any atom is -0.426 e. The second-order valence-corrected chi connectivity index (χ2v) is 5.73. The SMILES string of the molecule is O=C(CCNC1=C(Cl)C(=O)c2ccccc2C1=O)Oc1ccccc1. The molecule has 0 aromatic heterocycles. The second-order valence-electron chi connectivity index (χ2n) is 5.36. The van der Waals surface area contributed by atoms with E-state index in [-0.39, 0.29) is 35.0 Å². The highest BCUT2D eigenvalue weighted by Gasteiger charge is 2.30. The van der Waals surface area contributed by atoms with Gasteiger partial charge >= 0.3 is 5.97 Å². The minimum atomic E-state index is -0.453. The number of ether oxygens (including phenoxy) is 1. The molecule has 1 aliphatic carbocycles. The third-order valence-corrected chi connectivity index (χ3v) is 4.03. The molecule has 0 aliphatic heterocycles. The fourth-order valence-corrected chi connectivity index (χ4v) is 2.72. The lowest BCUT2D eigenvalue weighted by atomic mass is 9.92. The lowest BCUT2D eigenvalue weighted by Gasteiger charge is -2.18. The van der Waals surface area contributed by atoms with Gasteiger partial charge in [-0.05, 0) is 12.1 Å². The van der Waals surface area contributed by atoms with Crippen LogP contribution in [-0.2, 0) is 4.79 Å². The number of hydrogen-bond donors (Lipinski definition) is 1. The molecule has 0 saturated heterocycles. The zero-order chi connectivity index (χ0) is 17.8. The standard InChI is InChI=1S/C19H14ClNO4/c20-16-17(19(24)14-9-5-4-8-13(14)18(16)23)21-11-10-15(22)25-12-6-2-1-3-7-12/h1-9,21H,10-11H2. The molecule has 0 fully saturated rings. The minimum absolute atomic E-state index is 0.0119. The maximum atomic E-state index is 12.5. The van der Waals surface area contributed by atoms with Gasteiger partial charge < -0.3 is 10.1 Å². The lowest BCUT2D eigenvalue weighted by molar-refractivity contribution is -0.134. The molecule has 0 radical (unpaired) electrons. The number of hydrogen-bond acceptors (Lipinski definition) is 5. The van der Waals surface area contributed by atoms with Crippen LogP contribution in [0.5, 0.6) is 5.75 Å². The Morgan fingerprint density at radius 1 is 0.920 bits per heavy atom. The molecular weight excluding hydrogens is 342 g/mol. The number of benzene rings is 2. The molecule has 126 valence electrons. The van der Waals surface area contributed by atoms with Crippen molar-refractivity contribution in [2.24, 2.45) is 0 Å². The Hall–Kier alpha value is -2.92. The molecule has 2 aromatic carbocycles. The Morgan fingerprint density at radius 3 is 2.20 bits per heavy atom. The van der Waals surface area contributed by atoms with Crippen molar-refractivity contribution in [3.8, 4) is 5.75 Å². The maximum absolute atomic E-state index is 12.5. The van der Waals surface area contributed by atoms with Gasteiger partial charge in [0.15, 0.2) is 0 Å². The van der Waals surface area contributed by atoms with Crippen molar-refractivity contribution in [3.05, 3.63) is 76.5 Å². The molecule has 0 amide bonds. The average molecular weight is 356 g/mol. The summed E-state index contributed by atoms with van der Waals surface area (Å²) in [4.78, 5) is 36.5. The Balaban J connectivity index is 1.63. The predicted molar refractivity (Wildman–Crippen MR) is 92.7 cm³/mol. The van der Waals surface area contributed by atoms with E-state index < -0.39 is 11.8 Å². The number of carbonyl (C=O) groups excluding carboxylic acids is 3. The highest BCUT2D eigenvalue weighted by atomic mass is 35.5. The first-order chi connectivity index (χ1) is 12.1. The van der Waals surface area contributed by atoms with Crippen LogP contribution < -0.4 is 10.1 Å². The summed E-state index contributed by atoms with van der Waals surface area (Å²) in [6.07, 6.45) is 0.0195. The predicted octanol–water partition coefficient (Wildman–Crippen LogP) is 3.10.